The highest BCUT2D eigenvalue weighted by Gasteiger charge is 2.24. The molecule has 1 aliphatic heterocycles. The summed E-state index contributed by atoms with van der Waals surface area (Å²) in [6, 6.07) is 18.7. The monoisotopic (exact) mass is 403 g/mol. The quantitative estimate of drug-likeness (QED) is 0.637. The maximum atomic E-state index is 12.7. The summed E-state index contributed by atoms with van der Waals surface area (Å²) in [7, 11) is 1.69. The third-order valence-corrected chi connectivity index (χ3v) is 5.88. The highest BCUT2D eigenvalue weighted by atomic mass is 16.5. The normalized spacial score (nSPS) is 16.5. The van der Waals surface area contributed by atoms with Crippen molar-refractivity contribution in [2.75, 3.05) is 7.11 Å². The van der Waals surface area contributed by atoms with E-state index in [1.807, 2.05) is 36.5 Å². The first-order valence-corrected chi connectivity index (χ1v) is 10.7. The molecule has 0 bridgehead atoms. The zero-order chi connectivity index (χ0) is 20.9. The van der Waals surface area contributed by atoms with E-state index >= 15 is 0 Å². The van der Waals surface area contributed by atoms with E-state index in [1.54, 1.807) is 7.11 Å². The van der Waals surface area contributed by atoms with Crippen LogP contribution >= 0.6 is 0 Å². The van der Waals surface area contributed by atoms with Gasteiger partial charge in [-0.05, 0) is 49.4 Å². The molecule has 0 fully saturated rings. The van der Waals surface area contributed by atoms with Gasteiger partial charge in [0.15, 0.2) is 0 Å². The topological polar surface area (TPSA) is 56.1 Å². The lowest BCUT2D eigenvalue weighted by atomic mass is 9.91. The van der Waals surface area contributed by atoms with Crippen LogP contribution in [0.3, 0.4) is 0 Å². The predicted molar refractivity (Wildman–Crippen MR) is 118 cm³/mol. The molecule has 0 spiro atoms. The van der Waals surface area contributed by atoms with Gasteiger partial charge in [-0.2, -0.15) is 0 Å². The summed E-state index contributed by atoms with van der Waals surface area (Å²) in [5.41, 5.74) is 3.08. The number of amides is 1. The number of aryl methyl sites for hydroxylation is 2. The molecule has 1 amide bonds. The van der Waals surface area contributed by atoms with E-state index in [-0.39, 0.29) is 11.9 Å². The summed E-state index contributed by atoms with van der Waals surface area (Å²) in [6.45, 7) is 2.89. The van der Waals surface area contributed by atoms with Gasteiger partial charge >= 0.3 is 0 Å². The molecule has 1 aliphatic rings. The lowest BCUT2D eigenvalue weighted by Crippen LogP contribution is -2.33. The number of methoxy groups -OCH3 is 1. The van der Waals surface area contributed by atoms with Crippen LogP contribution in [0.4, 0.5) is 0 Å². The first kappa shape index (κ1) is 20.2. The van der Waals surface area contributed by atoms with Gasteiger partial charge in [0, 0.05) is 31.1 Å². The molecule has 0 radical (unpaired) electrons. The van der Waals surface area contributed by atoms with Gasteiger partial charge in [0.2, 0.25) is 0 Å². The Bertz CT molecular complexity index is 997. The Balaban J connectivity index is 1.36. The molecular formula is C25H29N3O2. The van der Waals surface area contributed by atoms with Gasteiger partial charge in [0.1, 0.15) is 17.3 Å². The van der Waals surface area contributed by atoms with Gasteiger partial charge in [-0.15, -0.1) is 0 Å². The number of nitrogens with zero attached hydrogens (tertiary/aromatic N) is 2. The molecule has 30 heavy (non-hydrogen) atoms. The van der Waals surface area contributed by atoms with Crippen molar-refractivity contribution < 1.29 is 9.53 Å². The fraction of sp³-hybridized carbons (Fsp3) is 0.360. The zero-order valence-electron chi connectivity index (χ0n) is 17.7. The van der Waals surface area contributed by atoms with Crippen LogP contribution in [-0.4, -0.2) is 28.6 Å². The molecule has 156 valence electrons. The van der Waals surface area contributed by atoms with Crippen LogP contribution in [0.15, 0.2) is 60.8 Å². The minimum absolute atomic E-state index is 0.0876. The highest BCUT2D eigenvalue weighted by molar-refractivity contribution is 5.92. The maximum Gasteiger partial charge on any atom is 0.271 e. The van der Waals surface area contributed by atoms with Crippen LogP contribution in [0.5, 0.6) is 5.75 Å². The first-order chi connectivity index (χ1) is 14.6. The molecule has 4 rings (SSSR count). The van der Waals surface area contributed by atoms with Crippen molar-refractivity contribution >= 4 is 5.91 Å². The lowest BCUT2D eigenvalue weighted by Gasteiger charge is -2.24. The van der Waals surface area contributed by atoms with E-state index in [4.69, 9.17) is 4.74 Å². The summed E-state index contributed by atoms with van der Waals surface area (Å²) in [5.74, 6) is 2.20. The molecule has 5 heteroatoms. The van der Waals surface area contributed by atoms with Crippen molar-refractivity contribution in [3.63, 3.8) is 0 Å². The molecule has 0 aliphatic carbocycles. The Kier molecular flexibility index (Phi) is 6.17. The fourth-order valence-electron chi connectivity index (χ4n) is 4.12. The summed E-state index contributed by atoms with van der Waals surface area (Å²) in [6.07, 6.45) is 5.66. The number of hydrogen-bond acceptors (Lipinski definition) is 3. The highest BCUT2D eigenvalue weighted by Crippen LogP contribution is 2.30. The van der Waals surface area contributed by atoms with Crippen LogP contribution < -0.4 is 10.1 Å². The molecule has 5 nitrogen and oxygen atoms in total. The number of benzene rings is 2. The summed E-state index contributed by atoms with van der Waals surface area (Å²) in [4.78, 5) is 17.3. The van der Waals surface area contributed by atoms with E-state index in [2.05, 4.69) is 46.1 Å². The average molecular weight is 404 g/mol. The molecular weight excluding hydrogens is 374 g/mol. The molecule has 2 aromatic carbocycles. The molecule has 0 saturated carbocycles. The van der Waals surface area contributed by atoms with Crippen LogP contribution in [-0.2, 0) is 19.4 Å². The molecule has 2 heterocycles. The number of rotatable bonds is 7. The van der Waals surface area contributed by atoms with E-state index in [1.165, 1.54) is 11.1 Å². The smallest absolute Gasteiger partial charge is 0.271 e. The second kappa shape index (κ2) is 9.16. The fourth-order valence-corrected chi connectivity index (χ4v) is 4.12. The Labute approximate surface area is 178 Å². The first-order valence-electron chi connectivity index (χ1n) is 10.7. The Morgan fingerprint density at radius 3 is 2.87 bits per heavy atom. The van der Waals surface area contributed by atoms with Crippen LogP contribution in [0.1, 0.15) is 53.1 Å². The van der Waals surface area contributed by atoms with Gasteiger partial charge in [-0.1, -0.05) is 42.5 Å². The number of fused-ring (bicyclic) bond motifs is 1. The Morgan fingerprint density at radius 2 is 2.07 bits per heavy atom. The number of aromatic nitrogens is 2. The van der Waals surface area contributed by atoms with Crippen molar-refractivity contribution in [1.29, 1.82) is 0 Å². The standard InChI is InChI=1S/C25H29N3O2/c1-18(11-12-19-7-4-3-5-8-19)26-25(29)23-17-28-16-21(13-14-24(28)27-23)20-9-6-10-22(15-20)30-2/h3-10,15,17-18,21H,11-14,16H2,1-2H3,(H,26,29). The third kappa shape index (κ3) is 4.73. The lowest BCUT2D eigenvalue weighted by molar-refractivity contribution is 0.0933. The van der Waals surface area contributed by atoms with E-state index in [9.17, 15) is 4.79 Å². The predicted octanol–water partition coefficient (Wildman–Crippen LogP) is 4.37. The number of carbonyl (C=O) groups is 1. The van der Waals surface area contributed by atoms with Gasteiger partial charge in [-0.25, -0.2) is 4.98 Å². The summed E-state index contributed by atoms with van der Waals surface area (Å²) in [5, 5.41) is 3.10. The zero-order valence-corrected chi connectivity index (χ0v) is 17.7. The molecule has 1 aromatic heterocycles. The van der Waals surface area contributed by atoms with E-state index in [0.29, 0.717) is 11.6 Å². The summed E-state index contributed by atoms with van der Waals surface area (Å²) >= 11 is 0. The van der Waals surface area contributed by atoms with Crippen LogP contribution in [0.2, 0.25) is 0 Å². The Hall–Kier alpha value is -3.08. The number of nitrogens with one attached hydrogen (secondary N) is 1. The largest absolute Gasteiger partial charge is 0.497 e. The molecule has 2 unspecified atom stereocenters. The van der Waals surface area contributed by atoms with Gasteiger partial charge in [-0.3, -0.25) is 4.79 Å². The summed E-state index contributed by atoms with van der Waals surface area (Å²) < 4.78 is 7.50. The van der Waals surface area contributed by atoms with Crippen LogP contribution in [0, 0.1) is 0 Å². The van der Waals surface area contributed by atoms with Gasteiger partial charge < -0.3 is 14.6 Å². The van der Waals surface area contributed by atoms with Crippen molar-refractivity contribution in [3.8, 4) is 5.75 Å². The van der Waals surface area contributed by atoms with Crippen LogP contribution in [0.25, 0.3) is 0 Å². The van der Waals surface area contributed by atoms with Crippen molar-refractivity contribution in [1.82, 2.24) is 14.9 Å². The molecule has 2 atom stereocenters. The maximum absolute atomic E-state index is 12.7. The Morgan fingerprint density at radius 1 is 1.23 bits per heavy atom. The minimum Gasteiger partial charge on any atom is -0.497 e. The average Bonchev–Trinajstić information content (AvgIpc) is 3.22. The second-order valence-corrected chi connectivity index (χ2v) is 8.11. The van der Waals surface area contributed by atoms with Crippen molar-refractivity contribution in [2.24, 2.45) is 0 Å². The number of imidazole rings is 1. The number of hydrogen-bond donors (Lipinski definition) is 1. The van der Waals surface area contributed by atoms with Gasteiger partial charge in [0.25, 0.3) is 5.91 Å². The molecule has 3 aromatic rings. The second-order valence-electron chi connectivity index (χ2n) is 8.11. The number of ether oxygens (including phenoxy) is 1. The van der Waals surface area contributed by atoms with Crippen molar-refractivity contribution in [3.05, 3.63) is 83.4 Å². The minimum atomic E-state index is -0.0876. The van der Waals surface area contributed by atoms with E-state index in [0.717, 1.165) is 43.8 Å². The SMILES string of the molecule is COc1cccc(C2CCc3nc(C(=O)NC(C)CCc4ccccc4)cn3C2)c1. The van der Waals surface area contributed by atoms with E-state index < -0.39 is 0 Å². The third-order valence-electron chi connectivity index (χ3n) is 5.88. The van der Waals surface area contributed by atoms with Gasteiger partial charge in [0.05, 0.1) is 7.11 Å². The molecule has 1 N–H and O–H groups in total. The number of carbonyl (C=O) groups excluding carboxylic acids is 1. The van der Waals surface area contributed by atoms with Crippen molar-refractivity contribution in [2.45, 2.75) is 51.1 Å². The molecule has 0 saturated heterocycles.